The summed E-state index contributed by atoms with van der Waals surface area (Å²) in [6, 6.07) is 18.7. The van der Waals surface area contributed by atoms with Crippen molar-refractivity contribution in [2.24, 2.45) is 0 Å². The van der Waals surface area contributed by atoms with Gasteiger partial charge in [-0.15, -0.1) is 0 Å². The van der Waals surface area contributed by atoms with Crippen LogP contribution in [0.25, 0.3) is 22.6 Å². The fraction of sp³-hybridized carbons (Fsp3) is 0.0741. The number of aromatic nitrogens is 3. The quantitative estimate of drug-likeness (QED) is 0.310. The number of para-hydroxylation sites is 1. The average molecular weight is 486 g/mol. The van der Waals surface area contributed by atoms with Crippen LogP contribution in [-0.4, -0.2) is 39.9 Å². The van der Waals surface area contributed by atoms with Gasteiger partial charge >= 0.3 is 0 Å². The predicted molar refractivity (Wildman–Crippen MR) is 130 cm³/mol. The maximum atomic E-state index is 14.3. The van der Waals surface area contributed by atoms with E-state index in [9.17, 15) is 13.6 Å². The number of aromatic amines is 1. The molecule has 0 atom stereocenters. The minimum absolute atomic E-state index is 0.0873. The first kappa shape index (κ1) is 23.0. The minimum atomic E-state index is -0.851. The maximum absolute atomic E-state index is 14.3. The number of pyridine rings is 1. The number of rotatable bonds is 6. The SMILES string of the molecule is CN(C)C(=O)c1ccc(Oc2cc(Oc3c(F)cccc3F)c3nc(-c4ccccn4)[nH]c3c2)cc1. The number of amides is 1. The molecular formula is C27H20F2N4O3. The molecule has 9 heteroatoms. The second kappa shape index (κ2) is 9.46. The first-order valence-electron chi connectivity index (χ1n) is 11.0. The Morgan fingerprint density at radius 1 is 0.889 bits per heavy atom. The zero-order valence-corrected chi connectivity index (χ0v) is 19.3. The van der Waals surface area contributed by atoms with Crippen molar-refractivity contribution in [2.45, 2.75) is 0 Å². The molecule has 0 aliphatic rings. The molecule has 0 saturated heterocycles. The number of imidazole rings is 1. The molecule has 2 aromatic heterocycles. The Hall–Kier alpha value is -4.79. The van der Waals surface area contributed by atoms with Gasteiger partial charge in [0.05, 0.1) is 5.52 Å². The molecule has 5 rings (SSSR count). The van der Waals surface area contributed by atoms with Crippen LogP contribution in [0.4, 0.5) is 8.78 Å². The van der Waals surface area contributed by atoms with Crippen LogP contribution in [0.3, 0.4) is 0 Å². The van der Waals surface area contributed by atoms with Crippen LogP contribution in [0.2, 0.25) is 0 Å². The Balaban J connectivity index is 1.55. The molecule has 0 saturated carbocycles. The molecular weight excluding hydrogens is 466 g/mol. The van der Waals surface area contributed by atoms with E-state index in [0.29, 0.717) is 39.6 Å². The number of nitrogens with zero attached hydrogens (tertiary/aromatic N) is 3. The number of benzene rings is 3. The number of carbonyl (C=O) groups excluding carboxylic acids is 1. The Kier molecular flexibility index (Phi) is 6.03. The number of ether oxygens (including phenoxy) is 2. The van der Waals surface area contributed by atoms with Crippen LogP contribution in [0.5, 0.6) is 23.0 Å². The third kappa shape index (κ3) is 4.58. The first-order chi connectivity index (χ1) is 17.4. The Labute approximate surface area is 205 Å². The van der Waals surface area contributed by atoms with Crippen LogP contribution in [0, 0.1) is 11.6 Å². The monoisotopic (exact) mass is 486 g/mol. The summed E-state index contributed by atoms with van der Waals surface area (Å²) in [6.07, 6.45) is 1.63. The highest BCUT2D eigenvalue weighted by molar-refractivity contribution is 5.94. The van der Waals surface area contributed by atoms with E-state index in [0.717, 1.165) is 12.1 Å². The zero-order valence-electron chi connectivity index (χ0n) is 19.3. The van der Waals surface area contributed by atoms with Gasteiger partial charge in [-0.05, 0) is 48.5 Å². The highest BCUT2D eigenvalue weighted by Crippen LogP contribution is 2.37. The molecule has 0 unspecified atom stereocenters. The largest absolute Gasteiger partial charge is 0.457 e. The van der Waals surface area contributed by atoms with Gasteiger partial charge in [-0.25, -0.2) is 13.8 Å². The number of hydrogen-bond acceptors (Lipinski definition) is 5. The van der Waals surface area contributed by atoms with Crippen molar-refractivity contribution >= 4 is 16.9 Å². The van der Waals surface area contributed by atoms with E-state index in [2.05, 4.69) is 15.0 Å². The molecule has 36 heavy (non-hydrogen) atoms. The molecule has 3 aromatic carbocycles. The van der Waals surface area contributed by atoms with E-state index >= 15 is 0 Å². The second-order valence-corrected chi connectivity index (χ2v) is 8.10. The minimum Gasteiger partial charge on any atom is -0.457 e. The van der Waals surface area contributed by atoms with Gasteiger partial charge in [0.15, 0.2) is 29.0 Å². The molecule has 0 fully saturated rings. The first-order valence-corrected chi connectivity index (χ1v) is 11.0. The molecule has 1 amide bonds. The lowest BCUT2D eigenvalue weighted by molar-refractivity contribution is 0.0827. The van der Waals surface area contributed by atoms with Gasteiger partial charge in [0.25, 0.3) is 5.91 Å². The smallest absolute Gasteiger partial charge is 0.253 e. The van der Waals surface area contributed by atoms with E-state index in [4.69, 9.17) is 9.47 Å². The van der Waals surface area contributed by atoms with E-state index in [-0.39, 0.29) is 11.7 Å². The number of hydrogen-bond donors (Lipinski definition) is 1. The summed E-state index contributed by atoms with van der Waals surface area (Å²) in [7, 11) is 3.34. The summed E-state index contributed by atoms with van der Waals surface area (Å²) in [4.78, 5) is 25.6. The topological polar surface area (TPSA) is 80.3 Å². The zero-order chi connectivity index (χ0) is 25.2. The second-order valence-electron chi connectivity index (χ2n) is 8.10. The van der Waals surface area contributed by atoms with Gasteiger partial charge in [0, 0.05) is 38.0 Å². The molecule has 180 valence electrons. The summed E-state index contributed by atoms with van der Waals surface area (Å²) < 4.78 is 40.4. The molecule has 0 aliphatic heterocycles. The molecule has 0 radical (unpaired) electrons. The average Bonchev–Trinajstić information content (AvgIpc) is 3.31. The van der Waals surface area contributed by atoms with E-state index in [1.54, 1.807) is 62.8 Å². The van der Waals surface area contributed by atoms with Gasteiger partial charge < -0.3 is 19.4 Å². The van der Waals surface area contributed by atoms with E-state index < -0.39 is 17.4 Å². The van der Waals surface area contributed by atoms with E-state index in [1.165, 1.54) is 17.0 Å². The molecule has 7 nitrogen and oxygen atoms in total. The normalized spacial score (nSPS) is 10.9. The van der Waals surface area contributed by atoms with Crippen LogP contribution in [0.15, 0.2) is 79.0 Å². The van der Waals surface area contributed by atoms with Crippen molar-refractivity contribution in [1.82, 2.24) is 19.9 Å². The highest BCUT2D eigenvalue weighted by Gasteiger charge is 2.18. The molecule has 1 N–H and O–H groups in total. The maximum Gasteiger partial charge on any atom is 0.253 e. The fourth-order valence-corrected chi connectivity index (χ4v) is 3.57. The third-order valence-electron chi connectivity index (χ3n) is 5.31. The molecule has 0 spiro atoms. The molecule has 2 heterocycles. The number of H-pyrrole nitrogens is 1. The van der Waals surface area contributed by atoms with Crippen LogP contribution in [-0.2, 0) is 0 Å². The third-order valence-corrected chi connectivity index (χ3v) is 5.31. The van der Waals surface area contributed by atoms with Gasteiger partial charge in [-0.2, -0.15) is 0 Å². The Bertz CT molecular complexity index is 1530. The Morgan fingerprint density at radius 3 is 2.31 bits per heavy atom. The van der Waals surface area contributed by atoms with Crippen LogP contribution < -0.4 is 9.47 Å². The van der Waals surface area contributed by atoms with Gasteiger partial charge in [-0.3, -0.25) is 9.78 Å². The van der Waals surface area contributed by atoms with Crippen molar-refractivity contribution in [1.29, 1.82) is 0 Å². The van der Waals surface area contributed by atoms with Gasteiger partial charge in [0.2, 0.25) is 0 Å². The number of fused-ring (bicyclic) bond motifs is 1. The summed E-state index contributed by atoms with van der Waals surface area (Å²) >= 11 is 0. The highest BCUT2D eigenvalue weighted by atomic mass is 19.1. The fourth-order valence-electron chi connectivity index (χ4n) is 3.57. The number of halogens is 2. The lowest BCUT2D eigenvalue weighted by Crippen LogP contribution is -2.21. The summed E-state index contributed by atoms with van der Waals surface area (Å²) in [5.41, 5.74) is 1.95. The van der Waals surface area contributed by atoms with E-state index in [1.807, 2.05) is 6.07 Å². The number of carbonyl (C=O) groups is 1. The molecule has 0 bridgehead atoms. The summed E-state index contributed by atoms with van der Waals surface area (Å²) in [6.45, 7) is 0. The van der Waals surface area contributed by atoms with Crippen molar-refractivity contribution < 1.29 is 23.0 Å². The van der Waals surface area contributed by atoms with Crippen molar-refractivity contribution in [3.05, 3.63) is 96.2 Å². The summed E-state index contributed by atoms with van der Waals surface area (Å²) in [5, 5.41) is 0. The standard InChI is InChI=1S/C27H20F2N4O3/c1-33(2)27(34)16-9-11-17(12-10-16)35-18-14-22-24(32-26(31-22)21-8-3-4-13-30-21)23(15-18)36-25-19(28)6-5-7-20(25)29/h3-15H,1-2H3,(H,31,32). The number of nitrogens with one attached hydrogen (secondary N) is 1. The van der Waals surface area contributed by atoms with Crippen LogP contribution >= 0.6 is 0 Å². The predicted octanol–water partition coefficient (Wildman–Crippen LogP) is 6.19. The Morgan fingerprint density at radius 2 is 1.64 bits per heavy atom. The van der Waals surface area contributed by atoms with Crippen molar-refractivity contribution in [3.63, 3.8) is 0 Å². The lowest BCUT2D eigenvalue weighted by atomic mass is 10.2. The van der Waals surface area contributed by atoms with Crippen LogP contribution in [0.1, 0.15) is 10.4 Å². The van der Waals surface area contributed by atoms with Gasteiger partial charge in [-0.1, -0.05) is 12.1 Å². The molecule has 0 aliphatic carbocycles. The van der Waals surface area contributed by atoms with Crippen molar-refractivity contribution in [3.8, 4) is 34.5 Å². The lowest BCUT2D eigenvalue weighted by Gasteiger charge is -2.12. The van der Waals surface area contributed by atoms with Gasteiger partial charge in [0.1, 0.15) is 22.7 Å². The van der Waals surface area contributed by atoms with Crippen molar-refractivity contribution in [2.75, 3.05) is 14.1 Å². The molecule has 5 aromatic rings. The summed E-state index contributed by atoms with van der Waals surface area (Å²) in [5.74, 6) is -1.06.